The molecule has 112 valence electrons. The summed E-state index contributed by atoms with van der Waals surface area (Å²) in [5.41, 5.74) is 2.04. The first-order chi connectivity index (χ1) is 10.2. The summed E-state index contributed by atoms with van der Waals surface area (Å²) in [5.74, 6) is 1.28. The zero-order valence-corrected chi connectivity index (χ0v) is 13.1. The van der Waals surface area contributed by atoms with E-state index in [1.165, 1.54) is 0 Å². The molecule has 1 atom stereocenters. The van der Waals surface area contributed by atoms with Crippen LogP contribution in [0.25, 0.3) is 0 Å². The predicted octanol–water partition coefficient (Wildman–Crippen LogP) is 3.45. The van der Waals surface area contributed by atoms with E-state index >= 15 is 0 Å². The highest BCUT2D eigenvalue weighted by molar-refractivity contribution is 6.31. The summed E-state index contributed by atoms with van der Waals surface area (Å²) in [4.78, 5) is 4.06. The van der Waals surface area contributed by atoms with E-state index in [0.29, 0.717) is 16.5 Å². The molecule has 2 rings (SSSR count). The summed E-state index contributed by atoms with van der Waals surface area (Å²) >= 11 is 6.43. The summed E-state index contributed by atoms with van der Waals surface area (Å²) < 4.78 is 10.6. The Morgan fingerprint density at radius 1 is 1.14 bits per heavy atom. The fourth-order valence-electron chi connectivity index (χ4n) is 2.26. The van der Waals surface area contributed by atoms with Gasteiger partial charge in [-0.3, -0.25) is 4.98 Å². The first-order valence-electron chi connectivity index (χ1n) is 6.76. The molecule has 1 unspecified atom stereocenters. The molecule has 0 saturated carbocycles. The van der Waals surface area contributed by atoms with Gasteiger partial charge in [0.1, 0.15) is 0 Å². The molecule has 0 spiro atoms. The Morgan fingerprint density at radius 2 is 1.76 bits per heavy atom. The molecular formula is C16H19ClN2O2. The summed E-state index contributed by atoms with van der Waals surface area (Å²) in [6.07, 6.45) is 3.54. The van der Waals surface area contributed by atoms with E-state index in [1.54, 1.807) is 32.7 Å². The van der Waals surface area contributed by atoms with Crippen LogP contribution in [0.3, 0.4) is 0 Å². The van der Waals surface area contributed by atoms with Crippen LogP contribution in [0.2, 0.25) is 5.02 Å². The maximum Gasteiger partial charge on any atom is 0.162 e. The average molecular weight is 307 g/mol. The van der Waals surface area contributed by atoms with Gasteiger partial charge in [-0.05, 0) is 35.9 Å². The van der Waals surface area contributed by atoms with Crippen LogP contribution in [0.1, 0.15) is 24.1 Å². The first-order valence-corrected chi connectivity index (χ1v) is 7.13. The van der Waals surface area contributed by atoms with Gasteiger partial charge in [0.2, 0.25) is 0 Å². The lowest BCUT2D eigenvalue weighted by atomic mass is 9.99. The van der Waals surface area contributed by atoms with Crippen LogP contribution in [0.5, 0.6) is 11.5 Å². The number of benzene rings is 1. The number of aromatic nitrogens is 1. The van der Waals surface area contributed by atoms with Crippen LogP contribution in [0.15, 0.2) is 36.7 Å². The molecule has 1 heterocycles. The van der Waals surface area contributed by atoms with Crippen LogP contribution >= 0.6 is 11.6 Å². The maximum atomic E-state index is 6.43. The smallest absolute Gasteiger partial charge is 0.162 e. The van der Waals surface area contributed by atoms with Gasteiger partial charge in [-0.2, -0.15) is 0 Å². The Balaban J connectivity index is 2.50. The lowest BCUT2D eigenvalue weighted by Gasteiger charge is -2.21. The van der Waals surface area contributed by atoms with Crippen LogP contribution in [-0.2, 0) is 0 Å². The number of hydrogen-bond donors (Lipinski definition) is 1. The Labute approximate surface area is 130 Å². The second kappa shape index (κ2) is 7.29. The van der Waals surface area contributed by atoms with Crippen LogP contribution in [0, 0.1) is 0 Å². The first kappa shape index (κ1) is 15.6. The molecule has 0 radical (unpaired) electrons. The van der Waals surface area contributed by atoms with Crippen molar-refractivity contribution in [2.75, 3.05) is 20.8 Å². The minimum Gasteiger partial charge on any atom is -0.493 e. The van der Waals surface area contributed by atoms with Gasteiger partial charge in [0.05, 0.1) is 20.3 Å². The topological polar surface area (TPSA) is 43.4 Å². The SMILES string of the molecule is CCNC(c1ccncc1)c1cc(OC)c(OC)cc1Cl. The Morgan fingerprint density at radius 3 is 2.33 bits per heavy atom. The Hall–Kier alpha value is -1.78. The van der Waals surface area contributed by atoms with Crippen molar-refractivity contribution >= 4 is 11.6 Å². The van der Waals surface area contributed by atoms with Crippen molar-refractivity contribution in [2.45, 2.75) is 13.0 Å². The average Bonchev–Trinajstić information content (AvgIpc) is 2.53. The van der Waals surface area contributed by atoms with Crippen molar-refractivity contribution < 1.29 is 9.47 Å². The molecule has 0 amide bonds. The van der Waals surface area contributed by atoms with Gasteiger partial charge < -0.3 is 14.8 Å². The fourth-order valence-corrected chi connectivity index (χ4v) is 2.52. The van der Waals surface area contributed by atoms with Gasteiger partial charge in [0.25, 0.3) is 0 Å². The molecule has 0 aliphatic carbocycles. The standard InChI is InChI=1S/C16H19ClN2O2/c1-4-19-16(11-5-7-18-8-6-11)12-9-14(20-2)15(21-3)10-13(12)17/h5-10,16,19H,4H2,1-3H3. The second-order valence-corrected chi connectivity index (χ2v) is 4.91. The van der Waals surface area contributed by atoms with E-state index in [4.69, 9.17) is 21.1 Å². The molecule has 0 fully saturated rings. The highest BCUT2D eigenvalue weighted by Crippen LogP contribution is 2.37. The van der Waals surface area contributed by atoms with Gasteiger partial charge in [-0.15, -0.1) is 0 Å². The lowest BCUT2D eigenvalue weighted by Crippen LogP contribution is -2.22. The van der Waals surface area contributed by atoms with Gasteiger partial charge >= 0.3 is 0 Å². The Bertz CT molecular complexity index is 590. The number of ether oxygens (including phenoxy) is 2. The number of halogens is 1. The summed E-state index contributed by atoms with van der Waals surface area (Å²) in [7, 11) is 3.21. The molecule has 0 aliphatic heterocycles. The van der Waals surface area contributed by atoms with E-state index in [2.05, 4.69) is 17.2 Å². The van der Waals surface area contributed by atoms with Crippen LogP contribution in [-0.4, -0.2) is 25.7 Å². The third kappa shape index (κ3) is 3.46. The molecule has 5 heteroatoms. The van der Waals surface area contributed by atoms with Crippen LogP contribution < -0.4 is 14.8 Å². The number of hydrogen-bond acceptors (Lipinski definition) is 4. The van der Waals surface area contributed by atoms with Crippen molar-refractivity contribution in [3.8, 4) is 11.5 Å². The molecule has 21 heavy (non-hydrogen) atoms. The normalized spacial score (nSPS) is 12.0. The fraction of sp³-hybridized carbons (Fsp3) is 0.312. The summed E-state index contributed by atoms with van der Waals surface area (Å²) in [5, 5.41) is 4.07. The summed E-state index contributed by atoms with van der Waals surface area (Å²) in [6.45, 7) is 2.88. The molecule has 0 saturated heterocycles. The third-order valence-electron chi connectivity index (χ3n) is 3.26. The lowest BCUT2D eigenvalue weighted by molar-refractivity contribution is 0.354. The van der Waals surface area contributed by atoms with E-state index in [9.17, 15) is 0 Å². The molecule has 1 aromatic carbocycles. The van der Waals surface area contributed by atoms with Crippen molar-refractivity contribution in [3.63, 3.8) is 0 Å². The number of methoxy groups -OCH3 is 2. The highest BCUT2D eigenvalue weighted by atomic mass is 35.5. The quantitative estimate of drug-likeness (QED) is 0.887. The zero-order chi connectivity index (χ0) is 15.2. The van der Waals surface area contributed by atoms with E-state index in [-0.39, 0.29) is 6.04 Å². The number of pyridine rings is 1. The van der Waals surface area contributed by atoms with Crippen LogP contribution in [0.4, 0.5) is 0 Å². The minimum absolute atomic E-state index is 0.0229. The van der Waals surface area contributed by atoms with Gasteiger partial charge in [0, 0.05) is 23.5 Å². The van der Waals surface area contributed by atoms with Gasteiger partial charge in [-0.1, -0.05) is 18.5 Å². The summed E-state index contributed by atoms with van der Waals surface area (Å²) in [6, 6.07) is 7.61. The number of nitrogens with one attached hydrogen (secondary N) is 1. The number of rotatable bonds is 6. The monoisotopic (exact) mass is 306 g/mol. The van der Waals surface area contributed by atoms with Gasteiger partial charge in [-0.25, -0.2) is 0 Å². The largest absolute Gasteiger partial charge is 0.493 e. The molecular weight excluding hydrogens is 288 g/mol. The molecule has 4 nitrogen and oxygen atoms in total. The third-order valence-corrected chi connectivity index (χ3v) is 3.59. The zero-order valence-electron chi connectivity index (χ0n) is 12.4. The van der Waals surface area contributed by atoms with E-state index in [0.717, 1.165) is 17.7 Å². The number of nitrogens with zero attached hydrogens (tertiary/aromatic N) is 1. The highest BCUT2D eigenvalue weighted by Gasteiger charge is 2.19. The predicted molar refractivity (Wildman–Crippen MR) is 84.3 cm³/mol. The molecule has 2 aromatic rings. The van der Waals surface area contributed by atoms with Crippen molar-refractivity contribution in [1.82, 2.24) is 10.3 Å². The molecule has 0 bridgehead atoms. The molecule has 1 aromatic heterocycles. The van der Waals surface area contributed by atoms with Crippen molar-refractivity contribution in [2.24, 2.45) is 0 Å². The maximum absolute atomic E-state index is 6.43. The van der Waals surface area contributed by atoms with Crippen molar-refractivity contribution in [1.29, 1.82) is 0 Å². The second-order valence-electron chi connectivity index (χ2n) is 4.50. The Kier molecular flexibility index (Phi) is 5.42. The molecule has 0 aliphatic rings. The van der Waals surface area contributed by atoms with Crippen molar-refractivity contribution in [3.05, 3.63) is 52.8 Å². The molecule has 1 N–H and O–H groups in total. The van der Waals surface area contributed by atoms with E-state index in [1.807, 2.05) is 18.2 Å². The minimum atomic E-state index is -0.0229. The van der Waals surface area contributed by atoms with E-state index < -0.39 is 0 Å². The van der Waals surface area contributed by atoms with Gasteiger partial charge in [0.15, 0.2) is 11.5 Å².